The maximum Gasteiger partial charge on any atom is 0.175 e. The van der Waals surface area contributed by atoms with E-state index in [0.717, 1.165) is 31.6 Å². The van der Waals surface area contributed by atoms with Crippen LogP contribution in [0, 0.1) is 5.41 Å². The van der Waals surface area contributed by atoms with E-state index in [1.165, 1.54) is 0 Å². The van der Waals surface area contributed by atoms with Crippen LogP contribution in [0.4, 0.5) is 5.82 Å². The molecule has 0 bridgehead atoms. The maximum absolute atomic E-state index is 8.28. The zero-order valence-corrected chi connectivity index (χ0v) is 14.3. The first-order valence-corrected chi connectivity index (χ1v) is 8.33. The van der Waals surface area contributed by atoms with Crippen molar-refractivity contribution >= 4 is 23.6 Å². The SMILES string of the molecule is C/C=C/c1cc(N=C(N)CC(=N)N2CCC(n3cncn3)CC2)n[nH]1. The van der Waals surface area contributed by atoms with Gasteiger partial charge in [0.25, 0.3) is 0 Å². The fourth-order valence-corrected chi connectivity index (χ4v) is 2.92. The highest BCUT2D eigenvalue weighted by Gasteiger charge is 2.22. The van der Waals surface area contributed by atoms with Crippen molar-refractivity contribution in [3.05, 3.63) is 30.5 Å². The minimum Gasteiger partial charge on any atom is -0.387 e. The number of hydrogen-bond acceptors (Lipinski definition) is 5. The Morgan fingerprint density at radius 2 is 2.28 bits per heavy atom. The molecule has 0 atom stereocenters. The molecule has 0 unspecified atom stereocenters. The van der Waals surface area contributed by atoms with Crippen LogP contribution in [-0.4, -0.2) is 54.6 Å². The first-order valence-electron chi connectivity index (χ1n) is 8.33. The number of allylic oxidation sites excluding steroid dienone is 1. The smallest absolute Gasteiger partial charge is 0.175 e. The lowest BCUT2D eigenvalue weighted by molar-refractivity contribution is 0.251. The summed E-state index contributed by atoms with van der Waals surface area (Å²) in [4.78, 5) is 10.3. The van der Waals surface area contributed by atoms with Crippen LogP contribution >= 0.6 is 0 Å². The minimum absolute atomic E-state index is 0.319. The average Bonchev–Trinajstić information content (AvgIpc) is 3.27. The number of rotatable bonds is 5. The molecule has 9 heteroatoms. The number of likely N-dealkylation sites (tertiary alicyclic amines) is 1. The summed E-state index contributed by atoms with van der Waals surface area (Å²) in [6.07, 6.45) is 9.33. The molecule has 0 aromatic carbocycles. The highest BCUT2D eigenvalue weighted by atomic mass is 15.3. The van der Waals surface area contributed by atoms with Gasteiger partial charge >= 0.3 is 0 Å². The molecule has 4 N–H and O–H groups in total. The molecule has 0 radical (unpaired) electrons. The number of nitrogens with zero attached hydrogens (tertiary/aromatic N) is 6. The molecule has 0 saturated carbocycles. The molecule has 1 aliphatic heterocycles. The van der Waals surface area contributed by atoms with E-state index in [0.29, 0.717) is 30.0 Å². The van der Waals surface area contributed by atoms with Gasteiger partial charge in [-0.2, -0.15) is 10.2 Å². The molecule has 1 fully saturated rings. The monoisotopic (exact) mass is 341 g/mol. The Labute approximate surface area is 146 Å². The lowest BCUT2D eigenvalue weighted by Gasteiger charge is -2.33. The number of aromatic amines is 1. The van der Waals surface area contributed by atoms with Gasteiger partial charge in [0.1, 0.15) is 24.3 Å². The zero-order chi connectivity index (χ0) is 17.6. The number of piperidine rings is 1. The van der Waals surface area contributed by atoms with Gasteiger partial charge in [-0.3, -0.25) is 10.5 Å². The molecule has 0 amide bonds. The van der Waals surface area contributed by atoms with Gasteiger partial charge in [-0.05, 0) is 25.8 Å². The van der Waals surface area contributed by atoms with Crippen LogP contribution in [0.15, 0.2) is 29.8 Å². The Bertz CT molecular complexity index is 748. The van der Waals surface area contributed by atoms with Crippen molar-refractivity contribution in [1.29, 1.82) is 5.41 Å². The van der Waals surface area contributed by atoms with Crippen LogP contribution < -0.4 is 5.73 Å². The molecule has 0 spiro atoms. The quantitative estimate of drug-likeness (QED) is 0.564. The van der Waals surface area contributed by atoms with Crippen molar-refractivity contribution in [2.75, 3.05) is 13.1 Å². The van der Waals surface area contributed by atoms with Crippen molar-refractivity contribution in [3.8, 4) is 0 Å². The molecule has 0 aliphatic carbocycles. The molecular weight excluding hydrogens is 318 g/mol. The van der Waals surface area contributed by atoms with Gasteiger partial charge in [0, 0.05) is 19.2 Å². The number of nitrogens with two attached hydrogens (primary N) is 1. The topological polar surface area (TPSA) is 125 Å². The van der Waals surface area contributed by atoms with E-state index in [1.54, 1.807) is 12.7 Å². The second-order valence-electron chi connectivity index (χ2n) is 6.00. The molecule has 132 valence electrons. The van der Waals surface area contributed by atoms with Gasteiger partial charge in [-0.1, -0.05) is 6.08 Å². The Balaban J connectivity index is 1.52. The summed E-state index contributed by atoms with van der Waals surface area (Å²) in [6.45, 7) is 3.56. The van der Waals surface area contributed by atoms with Crippen molar-refractivity contribution in [3.63, 3.8) is 0 Å². The number of hydrogen-bond donors (Lipinski definition) is 3. The molecule has 3 rings (SSSR count). The fraction of sp³-hybridized carbons (Fsp3) is 0.438. The third-order valence-electron chi connectivity index (χ3n) is 4.19. The average molecular weight is 341 g/mol. The first-order chi connectivity index (χ1) is 12.2. The van der Waals surface area contributed by atoms with Crippen LogP contribution in [0.5, 0.6) is 0 Å². The number of nitrogens with one attached hydrogen (secondary N) is 2. The molecule has 25 heavy (non-hydrogen) atoms. The van der Waals surface area contributed by atoms with E-state index in [2.05, 4.69) is 25.3 Å². The second kappa shape index (κ2) is 7.73. The molecule has 1 saturated heterocycles. The van der Waals surface area contributed by atoms with E-state index in [4.69, 9.17) is 11.1 Å². The van der Waals surface area contributed by atoms with Gasteiger partial charge in [0.15, 0.2) is 5.82 Å². The number of amidine groups is 2. The maximum atomic E-state index is 8.28. The Morgan fingerprint density at radius 3 is 2.96 bits per heavy atom. The summed E-state index contributed by atoms with van der Waals surface area (Å²) >= 11 is 0. The summed E-state index contributed by atoms with van der Waals surface area (Å²) in [5.41, 5.74) is 6.86. The first kappa shape index (κ1) is 16.9. The zero-order valence-electron chi connectivity index (χ0n) is 14.3. The Morgan fingerprint density at radius 1 is 1.48 bits per heavy atom. The van der Waals surface area contributed by atoms with E-state index in [9.17, 15) is 0 Å². The largest absolute Gasteiger partial charge is 0.387 e. The fourth-order valence-electron chi connectivity index (χ4n) is 2.92. The molecule has 2 aromatic heterocycles. The molecule has 2 aromatic rings. The van der Waals surface area contributed by atoms with Crippen LogP contribution in [0.3, 0.4) is 0 Å². The number of H-pyrrole nitrogens is 1. The lowest BCUT2D eigenvalue weighted by atomic mass is 10.0. The summed E-state index contributed by atoms with van der Waals surface area (Å²) in [7, 11) is 0. The van der Waals surface area contributed by atoms with Gasteiger partial charge in [0.05, 0.1) is 18.2 Å². The van der Waals surface area contributed by atoms with Crippen molar-refractivity contribution in [1.82, 2.24) is 29.9 Å². The molecule has 9 nitrogen and oxygen atoms in total. The van der Waals surface area contributed by atoms with Crippen LogP contribution in [0.2, 0.25) is 0 Å². The Kier molecular flexibility index (Phi) is 5.22. The predicted octanol–water partition coefficient (Wildman–Crippen LogP) is 1.73. The Hall–Kier alpha value is -2.97. The van der Waals surface area contributed by atoms with Crippen molar-refractivity contribution in [2.24, 2.45) is 10.7 Å². The minimum atomic E-state index is 0.319. The molecular formula is C16H23N9. The highest BCUT2D eigenvalue weighted by molar-refractivity contribution is 6.01. The second-order valence-corrected chi connectivity index (χ2v) is 6.00. The van der Waals surface area contributed by atoms with Crippen molar-refractivity contribution < 1.29 is 0 Å². The lowest BCUT2D eigenvalue weighted by Crippen LogP contribution is -2.40. The van der Waals surface area contributed by atoms with Gasteiger partial charge in [-0.25, -0.2) is 14.7 Å². The van der Waals surface area contributed by atoms with Crippen LogP contribution in [-0.2, 0) is 0 Å². The predicted molar refractivity (Wildman–Crippen MR) is 96.8 cm³/mol. The van der Waals surface area contributed by atoms with Gasteiger partial charge < -0.3 is 10.6 Å². The van der Waals surface area contributed by atoms with E-state index >= 15 is 0 Å². The van der Waals surface area contributed by atoms with E-state index in [1.807, 2.05) is 34.7 Å². The normalized spacial score (nSPS) is 16.7. The summed E-state index contributed by atoms with van der Waals surface area (Å²) in [5, 5.41) is 19.4. The van der Waals surface area contributed by atoms with Crippen LogP contribution in [0.1, 0.15) is 37.9 Å². The third kappa shape index (κ3) is 4.31. The highest BCUT2D eigenvalue weighted by Crippen LogP contribution is 2.21. The third-order valence-corrected chi connectivity index (χ3v) is 4.19. The summed E-state index contributed by atoms with van der Waals surface area (Å²) in [5.74, 6) is 1.41. The number of aromatic nitrogens is 5. The van der Waals surface area contributed by atoms with Crippen LogP contribution in [0.25, 0.3) is 6.08 Å². The standard InChI is InChI=1S/C16H23N9/c1-2-3-12-8-16(23-22-12)21-14(17)9-15(18)24-6-4-13(5-7-24)25-11-19-10-20-25/h2-3,8,10-11,13,18H,4-7,9H2,1H3,(H3,17,21,22,23)/b3-2+,18-15?. The molecule has 1 aliphatic rings. The van der Waals surface area contributed by atoms with E-state index < -0.39 is 0 Å². The summed E-state index contributed by atoms with van der Waals surface area (Å²) < 4.78 is 1.90. The van der Waals surface area contributed by atoms with E-state index in [-0.39, 0.29) is 0 Å². The van der Waals surface area contributed by atoms with Gasteiger partial charge in [0.2, 0.25) is 0 Å². The summed E-state index contributed by atoms with van der Waals surface area (Å²) in [6, 6.07) is 2.17. The number of aliphatic imine (C=N–C) groups is 1. The molecule has 3 heterocycles. The van der Waals surface area contributed by atoms with Crippen molar-refractivity contribution in [2.45, 2.75) is 32.2 Å². The van der Waals surface area contributed by atoms with Gasteiger partial charge in [-0.15, -0.1) is 0 Å².